The van der Waals surface area contributed by atoms with Crippen LogP contribution in [-0.2, 0) is 4.74 Å². The highest BCUT2D eigenvalue weighted by molar-refractivity contribution is 7.71. The summed E-state index contributed by atoms with van der Waals surface area (Å²) in [6.45, 7) is 5.17. The molecule has 0 saturated heterocycles. The fourth-order valence-electron chi connectivity index (χ4n) is 1.90. The van der Waals surface area contributed by atoms with Gasteiger partial charge in [-0.2, -0.15) is 0 Å². The number of aromatic amines is 1. The molecule has 0 aliphatic carbocycles. The summed E-state index contributed by atoms with van der Waals surface area (Å²) in [4.78, 5) is 3.07. The van der Waals surface area contributed by atoms with Crippen LogP contribution < -0.4 is 0 Å². The van der Waals surface area contributed by atoms with Crippen molar-refractivity contribution in [3.8, 4) is 0 Å². The number of hydrogen-bond donors (Lipinski definition) is 1. The van der Waals surface area contributed by atoms with Gasteiger partial charge in [-0.15, -0.1) is 0 Å². The van der Waals surface area contributed by atoms with Gasteiger partial charge in [-0.3, -0.25) is 0 Å². The summed E-state index contributed by atoms with van der Waals surface area (Å²) in [7, 11) is 0. The molecule has 2 aromatic rings. The first kappa shape index (κ1) is 12.3. The van der Waals surface area contributed by atoms with Crippen LogP contribution in [0.5, 0.6) is 0 Å². The van der Waals surface area contributed by atoms with Gasteiger partial charge in [0.1, 0.15) is 5.82 Å². The first-order valence-corrected chi connectivity index (χ1v) is 6.01. The molecule has 2 rings (SSSR count). The highest BCUT2D eigenvalue weighted by Crippen LogP contribution is 2.20. The van der Waals surface area contributed by atoms with Crippen molar-refractivity contribution in [3.63, 3.8) is 0 Å². The molecule has 0 fully saturated rings. The van der Waals surface area contributed by atoms with Crippen LogP contribution in [-0.4, -0.2) is 22.8 Å². The number of benzene rings is 1. The third kappa shape index (κ3) is 2.40. The van der Waals surface area contributed by atoms with Crippen molar-refractivity contribution in [2.45, 2.75) is 19.9 Å². The smallest absolute Gasteiger partial charge is 0.178 e. The summed E-state index contributed by atoms with van der Waals surface area (Å²) in [5.41, 5.74) is 1.63. The van der Waals surface area contributed by atoms with E-state index < -0.39 is 0 Å². The monoisotopic (exact) mass is 254 g/mol. The Hall–Kier alpha value is -1.20. The summed E-state index contributed by atoms with van der Waals surface area (Å²) in [5.74, 6) is -0.260. The van der Waals surface area contributed by atoms with E-state index in [0.717, 1.165) is 11.0 Å². The van der Waals surface area contributed by atoms with Gasteiger partial charge in [0.25, 0.3) is 0 Å². The summed E-state index contributed by atoms with van der Waals surface area (Å²) < 4.78 is 21.1. The maximum Gasteiger partial charge on any atom is 0.178 e. The lowest BCUT2D eigenvalue weighted by molar-refractivity contribution is 0.119. The summed E-state index contributed by atoms with van der Waals surface area (Å²) in [6.07, 6.45) is 0. The third-order valence-corrected chi connectivity index (χ3v) is 2.98. The molecule has 17 heavy (non-hydrogen) atoms. The fourth-order valence-corrected chi connectivity index (χ4v) is 2.28. The Morgan fingerprint density at radius 3 is 3.00 bits per heavy atom. The van der Waals surface area contributed by atoms with Crippen molar-refractivity contribution >= 4 is 23.3 Å². The van der Waals surface area contributed by atoms with Crippen molar-refractivity contribution < 1.29 is 9.13 Å². The third-order valence-electron chi connectivity index (χ3n) is 2.68. The van der Waals surface area contributed by atoms with E-state index in [9.17, 15) is 4.39 Å². The first-order chi connectivity index (χ1) is 8.13. The average Bonchev–Trinajstić information content (AvgIpc) is 2.61. The Kier molecular flexibility index (Phi) is 3.59. The Balaban J connectivity index is 2.48. The lowest BCUT2D eigenvalue weighted by atomic mass is 10.3. The number of hydrogen-bond acceptors (Lipinski definition) is 2. The molecule has 0 radical (unpaired) electrons. The number of halogens is 1. The molecule has 0 aliphatic heterocycles. The van der Waals surface area contributed by atoms with Crippen LogP contribution >= 0.6 is 12.2 Å². The van der Waals surface area contributed by atoms with Crippen molar-refractivity contribution in [2.75, 3.05) is 13.2 Å². The predicted molar refractivity (Wildman–Crippen MR) is 68.3 cm³/mol. The Bertz CT molecular complexity index is 575. The lowest BCUT2D eigenvalue weighted by Gasteiger charge is -2.14. The Labute approximate surface area is 104 Å². The molecule has 3 nitrogen and oxygen atoms in total. The highest BCUT2D eigenvalue weighted by atomic mass is 32.1. The van der Waals surface area contributed by atoms with Crippen molar-refractivity contribution in [1.29, 1.82) is 0 Å². The van der Waals surface area contributed by atoms with E-state index in [1.807, 2.05) is 18.4 Å². The second-order valence-corrected chi connectivity index (χ2v) is 4.36. The number of H-pyrrole nitrogens is 1. The predicted octanol–water partition coefficient (Wildman–Crippen LogP) is 3.44. The molecule has 1 unspecified atom stereocenters. The van der Waals surface area contributed by atoms with Gasteiger partial charge in [0, 0.05) is 6.61 Å². The van der Waals surface area contributed by atoms with Gasteiger partial charge in [-0.1, -0.05) is 0 Å². The van der Waals surface area contributed by atoms with Crippen LogP contribution in [0.1, 0.15) is 19.9 Å². The van der Waals surface area contributed by atoms with Gasteiger partial charge in [0.2, 0.25) is 0 Å². The van der Waals surface area contributed by atoms with Crippen LogP contribution in [0.25, 0.3) is 11.0 Å². The van der Waals surface area contributed by atoms with Gasteiger partial charge in [-0.05, 0) is 44.3 Å². The minimum atomic E-state index is -0.260. The van der Waals surface area contributed by atoms with Crippen molar-refractivity contribution in [3.05, 3.63) is 28.8 Å². The zero-order valence-electron chi connectivity index (χ0n) is 9.87. The number of rotatable bonds is 4. The molecule has 0 spiro atoms. The Morgan fingerprint density at radius 2 is 2.29 bits per heavy atom. The molecule has 0 amide bonds. The molecular formula is C12H15FN2OS. The van der Waals surface area contributed by atoms with Crippen LogP contribution in [0.15, 0.2) is 18.2 Å². The second kappa shape index (κ2) is 4.98. The Morgan fingerprint density at radius 1 is 1.53 bits per heavy atom. The van der Waals surface area contributed by atoms with E-state index in [1.54, 1.807) is 6.07 Å². The molecule has 1 atom stereocenters. The summed E-state index contributed by atoms with van der Waals surface area (Å²) >= 11 is 5.25. The molecule has 92 valence electrons. The molecule has 0 bridgehead atoms. The van der Waals surface area contributed by atoms with E-state index in [4.69, 9.17) is 17.0 Å². The molecule has 5 heteroatoms. The fraction of sp³-hybridized carbons (Fsp3) is 0.417. The van der Waals surface area contributed by atoms with Crippen molar-refractivity contribution in [1.82, 2.24) is 9.55 Å². The topological polar surface area (TPSA) is 29.9 Å². The van der Waals surface area contributed by atoms with Crippen LogP contribution in [0.2, 0.25) is 0 Å². The molecule has 0 aliphatic rings. The largest absolute Gasteiger partial charge is 0.380 e. The molecule has 1 heterocycles. The van der Waals surface area contributed by atoms with Crippen LogP contribution in [0.4, 0.5) is 4.39 Å². The minimum Gasteiger partial charge on any atom is -0.380 e. The normalized spacial score (nSPS) is 13.1. The first-order valence-electron chi connectivity index (χ1n) is 5.61. The minimum absolute atomic E-state index is 0.0815. The standard InChI is InChI=1S/C12H15FN2OS/c1-3-16-7-8(2)15-11-6-9(13)4-5-10(11)14-12(15)17/h4-6,8H,3,7H2,1-2H3,(H,14,17). The van der Waals surface area contributed by atoms with E-state index in [2.05, 4.69) is 4.98 Å². The summed E-state index contributed by atoms with van der Waals surface area (Å²) in [6, 6.07) is 4.69. The number of nitrogens with zero attached hydrogens (tertiary/aromatic N) is 1. The van der Waals surface area contributed by atoms with Gasteiger partial charge in [-0.25, -0.2) is 4.39 Å². The SMILES string of the molecule is CCOCC(C)n1c(=S)[nH]c2ccc(F)cc21. The van der Waals surface area contributed by atoms with E-state index in [-0.39, 0.29) is 11.9 Å². The van der Waals surface area contributed by atoms with Gasteiger partial charge in [0.15, 0.2) is 4.77 Å². The highest BCUT2D eigenvalue weighted by Gasteiger charge is 2.11. The zero-order chi connectivity index (χ0) is 12.4. The van der Waals surface area contributed by atoms with Crippen LogP contribution in [0, 0.1) is 10.6 Å². The maximum atomic E-state index is 13.2. The number of imidazole rings is 1. The molecule has 1 N–H and O–H groups in total. The number of aromatic nitrogens is 2. The molecule has 1 aromatic carbocycles. The zero-order valence-corrected chi connectivity index (χ0v) is 10.7. The average molecular weight is 254 g/mol. The van der Waals surface area contributed by atoms with E-state index in [0.29, 0.717) is 18.0 Å². The maximum absolute atomic E-state index is 13.2. The molecule has 0 saturated carbocycles. The number of ether oxygens (including phenoxy) is 1. The number of nitrogens with one attached hydrogen (secondary N) is 1. The molecular weight excluding hydrogens is 239 g/mol. The van der Waals surface area contributed by atoms with Crippen molar-refractivity contribution in [2.24, 2.45) is 0 Å². The quantitative estimate of drug-likeness (QED) is 0.847. The lowest BCUT2D eigenvalue weighted by Crippen LogP contribution is -2.12. The number of fused-ring (bicyclic) bond motifs is 1. The second-order valence-electron chi connectivity index (χ2n) is 3.97. The van der Waals surface area contributed by atoms with Gasteiger partial charge < -0.3 is 14.3 Å². The van der Waals surface area contributed by atoms with E-state index in [1.165, 1.54) is 12.1 Å². The van der Waals surface area contributed by atoms with Gasteiger partial charge >= 0.3 is 0 Å². The molecule has 1 aromatic heterocycles. The summed E-state index contributed by atoms with van der Waals surface area (Å²) in [5, 5.41) is 0. The van der Waals surface area contributed by atoms with Gasteiger partial charge in [0.05, 0.1) is 23.7 Å². The van der Waals surface area contributed by atoms with E-state index >= 15 is 0 Å². The van der Waals surface area contributed by atoms with Crippen LogP contribution in [0.3, 0.4) is 0 Å².